The van der Waals surface area contributed by atoms with Gasteiger partial charge in [0.25, 0.3) is 0 Å². The van der Waals surface area contributed by atoms with E-state index in [-0.39, 0.29) is 12.6 Å². The van der Waals surface area contributed by atoms with Gasteiger partial charge in [-0.3, -0.25) is 4.90 Å². The van der Waals surface area contributed by atoms with Crippen molar-refractivity contribution in [1.29, 1.82) is 0 Å². The van der Waals surface area contributed by atoms with Crippen LogP contribution in [0.2, 0.25) is 0 Å². The van der Waals surface area contributed by atoms with Crippen LogP contribution in [0.4, 0.5) is 13.2 Å². The maximum atomic E-state index is 12.3. The molecule has 0 bridgehead atoms. The zero-order valence-electron chi connectivity index (χ0n) is 7.15. The molecular weight excluding hydrogens is 169 g/mol. The summed E-state index contributed by atoms with van der Waals surface area (Å²) in [6.07, 6.45) is -4.11. The molecule has 2 atom stereocenters. The SMILES string of the molecule is C[C@H]1CNC[C@@H](C(F)(F)F)N1C. The molecule has 12 heavy (non-hydrogen) atoms. The van der Waals surface area contributed by atoms with Gasteiger partial charge in [0, 0.05) is 19.1 Å². The maximum Gasteiger partial charge on any atom is 0.405 e. The molecule has 0 aromatic heterocycles. The van der Waals surface area contributed by atoms with Gasteiger partial charge >= 0.3 is 6.18 Å². The number of piperazine rings is 1. The first kappa shape index (κ1) is 9.80. The largest absolute Gasteiger partial charge is 0.405 e. The van der Waals surface area contributed by atoms with Crippen LogP contribution < -0.4 is 5.32 Å². The quantitative estimate of drug-likeness (QED) is 0.597. The van der Waals surface area contributed by atoms with Gasteiger partial charge in [0.15, 0.2) is 0 Å². The molecule has 0 saturated carbocycles. The molecule has 0 aliphatic carbocycles. The molecule has 0 aromatic carbocycles. The smallest absolute Gasteiger partial charge is 0.313 e. The van der Waals surface area contributed by atoms with Gasteiger partial charge < -0.3 is 5.32 Å². The third kappa shape index (κ3) is 1.90. The minimum atomic E-state index is -4.11. The zero-order chi connectivity index (χ0) is 9.35. The van der Waals surface area contributed by atoms with Gasteiger partial charge in [0.2, 0.25) is 0 Å². The van der Waals surface area contributed by atoms with Gasteiger partial charge in [-0.2, -0.15) is 13.2 Å². The Labute approximate surface area is 69.7 Å². The highest BCUT2D eigenvalue weighted by Crippen LogP contribution is 2.26. The summed E-state index contributed by atoms with van der Waals surface area (Å²) in [5.74, 6) is 0. The lowest BCUT2D eigenvalue weighted by molar-refractivity contribution is -0.188. The van der Waals surface area contributed by atoms with Gasteiger partial charge in [-0.15, -0.1) is 0 Å². The number of hydrogen-bond acceptors (Lipinski definition) is 2. The number of halogens is 3. The van der Waals surface area contributed by atoms with E-state index in [1.165, 1.54) is 11.9 Å². The second-order valence-corrected chi connectivity index (χ2v) is 3.23. The van der Waals surface area contributed by atoms with E-state index in [9.17, 15) is 13.2 Å². The average Bonchev–Trinajstić information content (AvgIpc) is 1.92. The minimum Gasteiger partial charge on any atom is -0.313 e. The summed E-state index contributed by atoms with van der Waals surface area (Å²) >= 11 is 0. The van der Waals surface area contributed by atoms with Crippen molar-refractivity contribution in [2.45, 2.75) is 25.2 Å². The second kappa shape index (κ2) is 3.22. The predicted octanol–water partition coefficient (Wildman–Crippen LogP) is 0.841. The summed E-state index contributed by atoms with van der Waals surface area (Å²) in [7, 11) is 1.52. The first-order valence-electron chi connectivity index (χ1n) is 3.92. The molecule has 1 N–H and O–H groups in total. The molecule has 0 radical (unpaired) electrons. The summed E-state index contributed by atoms with van der Waals surface area (Å²) < 4.78 is 36.9. The van der Waals surface area contributed by atoms with Crippen LogP contribution in [0.25, 0.3) is 0 Å². The molecule has 5 heteroatoms. The van der Waals surface area contributed by atoms with Crippen molar-refractivity contribution in [3.63, 3.8) is 0 Å². The molecule has 1 heterocycles. The Kier molecular flexibility index (Phi) is 2.63. The third-order valence-electron chi connectivity index (χ3n) is 2.34. The van der Waals surface area contributed by atoms with Crippen LogP contribution in [-0.2, 0) is 0 Å². The second-order valence-electron chi connectivity index (χ2n) is 3.23. The lowest BCUT2D eigenvalue weighted by Crippen LogP contribution is -2.59. The standard InChI is InChI=1S/C7H13F3N2/c1-5-3-11-4-6(12(5)2)7(8,9)10/h5-6,11H,3-4H2,1-2H3/t5-,6-/m0/s1. The molecular formula is C7H13F3N2. The fourth-order valence-electron chi connectivity index (χ4n) is 1.37. The molecule has 1 aliphatic heterocycles. The van der Waals surface area contributed by atoms with Crippen molar-refractivity contribution in [1.82, 2.24) is 10.2 Å². The fraction of sp³-hybridized carbons (Fsp3) is 1.00. The molecule has 72 valence electrons. The number of nitrogens with zero attached hydrogens (tertiary/aromatic N) is 1. The number of hydrogen-bond donors (Lipinski definition) is 1. The third-order valence-corrected chi connectivity index (χ3v) is 2.34. The topological polar surface area (TPSA) is 15.3 Å². The molecule has 0 unspecified atom stereocenters. The van der Waals surface area contributed by atoms with Crippen LogP contribution in [0.15, 0.2) is 0 Å². The van der Waals surface area contributed by atoms with Crippen molar-refractivity contribution < 1.29 is 13.2 Å². The molecule has 1 fully saturated rings. The number of nitrogens with one attached hydrogen (secondary N) is 1. The van der Waals surface area contributed by atoms with Crippen LogP contribution in [0.5, 0.6) is 0 Å². The Morgan fingerprint density at radius 1 is 1.33 bits per heavy atom. The van der Waals surface area contributed by atoms with E-state index in [1.807, 2.05) is 0 Å². The Bertz CT molecular complexity index is 157. The summed E-state index contributed by atoms with van der Waals surface area (Å²) in [6, 6.07) is -1.38. The lowest BCUT2D eigenvalue weighted by atomic mass is 10.1. The van der Waals surface area contributed by atoms with E-state index in [0.717, 1.165) is 0 Å². The van der Waals surface area contributed by atoms with Crippen molar-refractivity contribution in [2.75, 3.05) is 20.1 Å². The van der Waals surface area contributed by atoms with E-state index < -0.39 is 12.2 Å². The zero-order valence-corrected chi connectivity index (χ0v) is 7.15. The summed E-state index contributed by atoms with van der Waals surface area (Å²) in [4.78, 5) is 1.37. The first-order valence-corrected chi connectivity index (χ1v) is 3.92. The van der Waals surface area contributed by atoms with E-state index >= 15 is 0 Å². The van der Waals surface area contributed by atoms with Crippen LogP contribution in [0.3, 0.4) is 0 Å². The van der Waals surface area contributed by atoms with Gasteiger partial charge in [-0.05, 0) is 14.0 Å². The van der Waals surface area contributed by atoms with Crippen LogP contribution >= 0.6 is 0 Å². The number of rotatable bonds is 0. The van der Waals surface area contributed by atoms with E-state index in [2.05, 4.69) is 5.32 Å². The Morgan fingerprint density at radius 2 is 1.92 bits per heavy atom. The highest BCUT2D eigenvalue weighted by Gasteiger charge is 2.44. The minimum absolute atomic E-state index is 0.00431. The summed E-state index contributed by atoms with van der Waals surface area (Å²) in [5.41, 5.74) is 0. The number of likely N-dealkylation sites (N-methyl/N-ethyl adjacent to an activating group) is 1. The van der Waals surface area contributed by atoms with Crippen molar-refractivity contribution in [3.05, 3.63) is 0 Å². The highest BCUT2D eigenvalue weighted by atomic mass is 19.4. The van der Waals surface area contributed by atoms with E-state index in [1.54, 1.807) is 6.92 Å². The summed E-state index contributed by atoms with van der Waals surface area (Å²) in [6.45, 7) is 2.42. The normalized spacial score (nSPS) is 33.8. The molecule has 2 nitrogen and oxygen atoms in total. The van der Waals surface area contributed by atoms with E-state index in [4.69, 9.17) is 0 Å². The summed E-state index contributed by atoms with van der Waals surface area (Å²) in [5, 5.41) is 2.76. The molecule has 1 saturated heterocycles. The highest BCUT2D eigenvalue weighted by molar-refractivity contribution is 4.87. The van der Waals surface area contributed by atoms with Gasteiger partial charge in [0.05, 0.1) is 0 Å². The van der Waals surface area contributed by atoms with E-state index in [0.29, 0.717) is 6.54 Å². The molecule has 0 spiro atoms. The van der Waals surface area contributed by atoms with Crippen LogP contribution in [-0.4, -0.2) is 43.3 Å². The van der Waals surface area contributed by atoms with Crippen molar-refractivity contribution >= 4 is 0 Å². The van der Waals surface area contributed by atoms with Gasteiger partial charge in [0.1, 0.15) is 6.04 Å². The average molecular weight is 182 g/mol. The van der Waals surface area contributed by atoms with Crippen molar-refractivity contribution in [3.8, 4) is 0 Å². The maximum absolute atomic E-state index is 12.3. The Morgan fingerprint density at radius 3 is 2.33 bits per heavy atom. The number of alkyl halides is 3. The molecule has 1 aliphatic rings. The fourth-order valence-corrected chi connectivity index (χ4v) is 1.37. The van der Waals surface area contributed by atoms with Crippen LogP contribution in [0.1, 0.15) is 6.92 Å². The monoisotopic (exact) mass is 182 g/mol. The molecule has 1 rings (SSSR count). The van der Waals surface area contributed by atoms with Crippen LogP contribution in [0, 0.1) is 0 Å². The van der Waals surface area contributed by atoms with Crippen molar-refractivity contribution in [2.24, 2.45) is 0 Å². The van der Waals surface area contributed by atoms with Gasteiger partial charge in [-0.1, -0.05) is 0 Å². The first-order chi connectivity index (χ1) is 5.43. The molecule has 0 aromatic rings. The lowest BCUT2D eigenvalue weighted by Gasteiger charge is -2.39. The van der Waals surface area contributed by atoms with Gasteiger partial charge in [-0.25, -0.2) is 0 Å². The molecule has 0 amide bonds. The predicted molar refractivity (Wildman–Crippen MR) is 39.9 cm³/mol. The Hall–Kier alpha value is -0.290. The Balaban J connectivity index is 2.64.